The third-order valence-electron chi connectivity index (χ3n) is 5.45. The number of hydrogen-bond acceptors (Lipinski definition) is 9. The van der Waals surface area contributed by atoms with Crippen LogP contribution in [0.4, 0.5) is 0 Å². The Balaban J connectivity index is 1.59. The lowest BCUT2D eigenvalue weighted by molar-refractivity contribution is 0.324. The summed E-state index contributed by atoms with van der Waals surface area (Å²) < 4.78 is 24.7. The van der Waals surface area contributed by atoms with E-state index in [1.807, 2.05) is 6.07 Å². The molecule has 0 atom stereocenters. The molecule has 35 heavy (non-hydrogen) atoms. The molecule has 3 heterocycles. The number of ether oxygens (including phenoxy) is 3. The van der Waals surface area contributed by atoms with Gasteiger partial charge in [-0.05, 0) is 35.7 Å². The molecule has 2 aromatic carbocycles. The number of hydrogen-bond donors (Lipinski definition) is 0. The van der Waals surface area contributed by atoms with E-state index in [2.05, 4.69) is 10.1 Å². The summed E-state index contributed by atoms with van der Waals surface area (Å²) >= 11 is 1.27. The van der Waals surface area contributed by atoms with Crippen molar-refractivity contribution in [3.8, 4) is 34.3 Å². The van der Waals surface area contributed by atoms with Crippen LogP contribution in [0, 0.1) is 0 Å². The zero-order valence-corrected chi connectivity index (χ0v) is 19.9. The maximum Gasteiger partial charge on any atom is 0.336 e. The highest BCUT2D eigenvalue weighted by Gasteiger charge is 2.20. The Labute approximate surface area is 202 Å². The van der Waals surface area contributed by atoms with Gasteiger partial charge in [-0.15, -0.1) is 11.3 Å². The fourth-order valence-electron chi connectivity index (χ4n) is 3.83. The van der Waals surface area contributed by atoms with Crippen molar-refractivity contribution in [3.63, 3.8) is 0 Å². The van der Waals surface area contributed by atoms with E-state index in [0.717, 1.165) is 4.57 Å². The van der Waals surface area contributed by atoms with E-state index in [4.69, 9.17) is 18.7 Å². The van der Waals surface area contributed by atoms with Crippen molar-refractivity contribution < 1.29 is 18.7 Å². The van der Waals surface area contributed by atoms with Gasteiger partial charge in [0.1, 0.15) is 11.2 Å². The van der Waals surface area contributed by atoms with Gasteiger partial charge >= 0.3 is 5.69 Å². The van der Waals surface area contributed by atoms with Crippen LogP contribution in [0.2, 0.25) is 0 Å². The predicted octanol–water partition coefficient (Wildman–Crippen LogP) is 3.34. The first kappa shape index (κ1) is 22.4. The third-order valence-corrected chi connectivity index (χ3v) is 6.35. The van der Waals surface area contributed by atoms with Crippen molar-refractivity contribution in [1.82, 2.24) is 19.3 Å². The van der Waals surface area contributed by atoms with E-state index in [1.165, 1.54) is 37.2 Å². The van der Waals surface area contributed by atoms with Crippen LogP contribution in [0.25, 0.3) is 27.3 Å². The van der Waals surface area contributed by atoms with Gasteiger partial charge < -0.3 is 18.7 Å². The summed E-state index contributed by atoms with van der Waals surface area (Å²) in [4.78, 5) is 30.9. The molecule has 11 heteroatoms. The molecule has 0 fully saturated rings. The Bertz CT molecular complexity index is 1610. The fraction of sp³-hybridized carbons (Fsp3) is 0.167. The zero-order chi connectivity index (χ0) is 24.5. The normalized spacial score (nSPS) is 11.1. The van der Waals surface area contributed by atoms with E-state index in [9.17, 15) is 9.59 Å². The molecule has 0 unspecified atom stereocenters. The summed E-state index contributed by atoms with van der Waals surface area (Å²) in [5.74, 6) is 1.81. The average molecular weight is 493 g/mol. The van der Waals surface area contributed by atoms with Gasteiger partial charge in [0.05, 0.1) is 32.5 Å². The summed E-state index contributed by atoms with van der Waals surface area (Å²) in [7, 11) is 4.55. The second kappa shape index (κ2) is 9.11. The predicted molar refractivity (Wildman–Crippen MR) is 130 cm³/mol. The van der Waals surface area contributed by atoms with Gasteiger partial charge in [-0.3, -0.25) is 9.36 Å². The molecular formula is C24H20N4O6S. The molecule has 10 nitrogen and oxygen atoms in total. The monoisotopic (exact) mass is 492 g/mol. The summed E-state index contributed by atoms with van der Waals surface area (Å²) in [6.07, 6.45) is 0. The largest absolute Gasteiger partial charge is 0.493 e. The third kappa shape index (κ3) is 3.85. The number of para-hydroxylation sites is 1. The summed E-state index contributed by atoms with van der Waals surface area (Å²) in [6.45, 7) is -0.0173. The van der Waals surface area contributed by atoms with Crippen LogP contribution in [0.5, 0.6) is 17.2 Å². The molecule has 0 amide bonds. The molecule has 0 aliphatic heterocycles. The number of benzene rings is 2. The summed E-state index contributed by atoms with van der Waals surface area (Å²) in [6, 6.07) is 13.9. The van der Waals surface area contributed by atoms with Crippen LogP contribution < -0.4 is 25.5 Å². The van der Waals surface area contributed by atoms with E-state index >= 15 is 0 Å². The van der Waals surface area contributed by atoms with Gasteiger partial charge in [0.2, 0.25) is 17.5 Å². The van der Waals surface area contributed by atoms with Crippen LogP contribution in [-0.2, 0) is 6.54 Å². The molecule has 178 valence electrons. The standard InChI is InChI=1S/C24H20N4O6S/c1-31-17-11-14(12-18(32-2)20(17)33-3)22-25-19(34-26-22)13-27-16-9-10-35-21(16)23(29)28(24(27)30)15-7-5-4-6-8-15/h4-12H,13H2,1-3H3. The molecule has 0 saturated heterocycles. The maximum absolute atomic E-state index is 13.4. The second-order valence-corrected chi connectivity index (χ2v) is 8.32. The Morgan fingerprint density at radius 1 is 0.971 bits per heavy atom. The topological polar surface area (TPSA) is 111 Å². The van der Waals surface area contributed by atoms with Gasteiger partial charge in [-0.1, -0.05) is 23.4 Å². The first-order chi connectivity index (χ1) is 17.0. The van der Waals surface area contributed by atoms with Crippen LogP contribution in [0.1, 0.15) is 5.89 Å². The second-order valence-electron chi connectivity index (χ2n) is 7.41. The van der Waals surface area contributed by atoms with Gasteiger partial charge in [-0.25, -0.2) is 9.36 Å². The zero-order valence-electron chi connectivity index (χ0n) is 19.0. The van der Waals surface area contributed by atoms with Crippen molar-refractivity contribution in [2.75, 3.05) is 21.3 Å². The van der Waals surface area contributed by atoms with Crippen molar-refractivity contribution in [1.29, 1.82) is 0 Å². The number of methoxy groups -OCH3 is 3. The number of thiophene rings is 1. The Morgan fingerprint density at radius 2 is 1.69 bits per heavy atom. The highest BCUT2D eigenvalue weighted by atomic mass is 32.1. The van der Waals surface area contributed by atoms with Gasteiger partial charge in [0.15, 0.2) is 11.5 Å². The Hall–Kier alpha value is -4.38. The smallest absolute Gasteiger partial charge is 0.336 e. The lowest BCUT2D eigenvalue weighted by Gasteiger charge is -2.12. The molecule has 0 N–H and O–H groups in total. The Kier molecular flexibility index (Phi) is 5.83. The highest BCUT2D eigenvalue weighted by Crippen LogP contribution is 2.40. The van der Waals surface area contributed by atoms with E-state index in [1.54, 1.807) is 47.8 Å². The lowest BCUT2D eigenvalue weighted by atomic mass is 10.1. The van der Waals surface area contributed by atoms with E-state index in [-0.39, 0.29) is 23.8 Å². The summed E-state index contributed by atoms with van der Waals surface area (Å²) in [5.41, 5.74) is 0.697. The molecular weight excluding hydrogens is 472 g/mol. The minimum absolute atomic E-state index is 0.0173. The minimum Gasteiger partial charge on any atom is -0.493 e. The van der Waals surface area contributed by atoms with Crippen molar-refractivity contribution >= 4 is 21.6 Å². The Morgan fingerprint density at radius 3 is 2.34 bits per heavy atom. The van der Waals surface area contributed by atoms with Crippen LogP contribution in [0.15, 0.2) is 68.0 Å². The molecule has 0 bridgehead atoms. The van der Waals surface area contributed by atoms with Crippen LogP contribution in [0.3, 0.4) is 0 Å². The van der Waals surface area contributed by atoms with Crippen molar-refractivity contribution in [2.45, 2.75) is 6.54 Å². The SMILES string of the molecule is COc1cc(-c2noc(Cn3c(=O)n(-c4ccccc4)c(=O)c4sccc43)n2)cc(OC)c1OC. The molecule has 5 aromatic rings. The van der Waals surface area contributed by atoms with E-state index in [0.29, 0.717) is 38.7 Å². The molecule has 0 spiro atoms. The summed E-state index contributed by atoms with van der Waals surface area (Å²) in [5, 5.41) is 5.84. The number of nitrogens with zero attached hydrogens (tertiary/aromatic N) is 4. The molecule has 0 aliphatic rings. The number of aromatic nitrogens is 4. The van der Waals surface area contributed by atoms with Gasteiger partial charge in [0.25, 0.3) is 5.56 Å². The van der Waals surface area contributed by atoms with Crippen LogP contribution in [-0.4, -0.2) is 40.6 Å². The minimum atomic E-state index is -0.500. The molecule has 0 saturated carbocycles. The molecule has 5 rings (SSSR count). The lowest BCUT2D eigenvalue weighted by Crippen LogP contribution is -2.38. The molecule has 0 aliphatic carbocycles. The first-order valence-corrected chi connectivity index (χ1v) is 11.3. The van der Waals surface area contributed by atoms with Crippen LogP contribution >= 0.6 is 11.3 Å². The first-order valence-electron chi connectivity index (χ1n) is 10.5. The number of rotatable bonds is 7. The molecule has 3 aromatic heterocycles. The quantitative estimate of drug-likeness (QED) is 0.340. The van der Waals surface area contributed by atoms with E-state index < -0.39 is 5.69 Å². The number of fused-ring (bicyclic) bond motifs is 1. The van der Waals surface area contributed by atoms with Crippen molar-refractivity contribution in [2.24, 2.45) is 0 Å². The van der Waals surface area contributed by atoms with Gasteiger partial charge in [0, 0.05) is 5.56 Å². The highest BCUT2D eigenvalue weighted by molar-refractivity contribution is 7.17. The van der Waals surface area contributed by atoms with Crippen molar-refractivity contribution in [3.05, 3.63) is 80.6 Å². The average Bonchev–Trinajstić information content (AvgIpc) is 3.56. The fourth-order valence-corrected chi connectivity index (χ4v) is 4.65. The van der Waals surface area contributed by atoms with Gasteiger partial charge in [-0.2, -0.15) is 4.98 Å². The molecule has 0 radical (unpaired) electrons. The maximum atomic E-state index is 13.4.